The van der Waals surface area contributed by atoms with Gasteiger partial charge in [-0.25, -0.2) is 29.3 Å². The maximum absolute atomic E-state index is 7.84. The van der Waals surface area contributed by atoms with Crippen LogP contribution in [0.3, 0.4) is 0 Å². The number of hydrogen-bond donors (Lipinski definition) is 0. The van der Waals surface area contributed by atoms with Crippen LogP contribution in [0.2, 0.25) is 0 Å². The van der Waals surface area contributed by atoms with Gasteiger partial charge in [0.05, 0.1) is 48.7 Å². The van der Waals surface area contributed by atoms with Gasteiger partial charge < -0.3 is 14.4 Å². The lowest BCUT2D eigenvalue weighted by Crippen LogP contribution is -2.09. The molecule has 2 heterocycles. The Labute approximate surface area is 481 Å². The highest BCUT2D eigenvalue weighted by atomic mass is 15.2. The fourth-order valence-electron chi connectivity index (χ4n) is 10.8. The fraction of sp³-hybridized carbons (Fsp3) is 0. The van der Waals surface area contributed by atoms with E-state index in [4.69, 9.17) is 36.3 Å². The van der Waals surface area contributed by atoms with E-state index in [1.165, 1.54) is 0 Å². The highest BCUT2D eigenvalue weighted by Gasteiger charge is 2.21. The number of anilines is 6. The third-order valence-corrected chi connectivity index (χ3v) is 14.9. The molecule has 0 aliphatic rings. The lowest BCUT2D eigenvalue weighted by atomic mass is 9.98. The van der Waals surface area contributed by atoms with Gasteiger partial charge in [-0.1, -0.05) is 170 Å². The van der Waals surface area contributed by atoms with Crippen molar-refractivity contribution >= 4 is 78.7 Å². The lowest BCUT2D eigenvalue weighted by molar-refractivity contribution is 1.18. The molecule has 0 saturated heterocycles. The summed E-state index contributed by atoms with van der Waals surface area (Å²) in [7, 11) is 0. The summed E-state index contributed by atoms with van der Waals surface area (Å²) in [5.41, 5.74) is 18.8. The number of nitrogens with zero attached hydrogens (tertiary/aromatic N) is 9. The zero-order valence-corrected chi connectivity index (χ0v) is 44.5. The minimum Gasteiger partial charge on any atom is -0.311 e. The van der Waals surface area contributed by atoms with Crippen molar-refractivity contribution in [1.82, 2.24) is 14.5 Å². The molecular weight excluding hydrogens is 1010 g/mol. The Kier molecular flexibility index (Phi) is 13.3. The van der Waals surface area contributed by atoms with Crippen LogP contribution in [-0.4, -0.2) is 14.5 Å². The summed E-state index contributed by atoms with van der Waals surface area (Å²) in [4.78, 5) is 29.2. The van der Waals surface area contributed by atoms with E-state index in [2.05, 4.69) is 191 Å². The number of fused-ring (bicyclic) bond motifs is 3. The average Bonchev–Trinajstić information content (AvgIpc) is 3.83. The van der Waals surface area contributed by atoms with Crippen LogP contribution in [0.4, 0.5) is 56.9 Å². The molecule has 0 aliphatic carbocycles. The number of benzene rings is 11. The maximum Gasteiger partial charge on any atom is 0.198 e. The van der Waals surface area contributed by atoms with Crippen molar-refractivity contribution in [2.24, 2.45) is 0 Å². The van der Waals surface area contributed by atoms with Crippen molar-refractivity contribution in [1.29, 1.82) is 0 Å². The fourth-order valence-corrected chi connectivity index (χ4v) is 10.8. The van der Waals surface area contributed by atoms with Gasteiger partial charge in [0.25, 0.3) is 0 Å². The summed E-state index contributed by atoms with van der Waals surface area (Å²) >= 11 is 0. The molecule has 2 aromatic heterocycles. The van der Waals surface area contributed by atoms with E-state index < -0.39 is 0 Å². The first-order chi connectivity index (χ1) is 40.9. The second kappa shape index (κ2) is 21.9. The molecule has 0 aliphatic heterocycles. The van der Waals surface area contributed by atoms with Crippen molar-refractivity contribution in [3.8, 4) is 61.8 Å². The second-order valence-electron chi connectivity index (χ2n) is 19.8. The Bertz CT molecular complexity index is 4560. The highest BCUT2D eigenvalue weighted by molar-refractivity contribution is 6.12. The van der Waals surface area contributed by atoms with Gasteiger partial charge in [-0.15, -0.1) is 0 Å². The van der Waals surface area contributed by atoms with E-state index in [1.807, 2.05) is 103 Å². The SMILES string of the molecule is [C-]#[N+]c1ccc(N(c2ccc([N+]#[C-])cc2)c2ccc3c(c2)c2cc(N(c4ccccc4)c4ccccc4)ccc2n3-c2ccc(-c3ccc(-c4ccc(-c5cc(-c6ccccc6[N+]#[C-])nc(-c6ccccc6[N+]#[C-])n5)cc4)cc3)cc2)cc1. The number of aromatic nitrogens is 3. The molecule has 0 radical (unpaired) electrons. The van der Waals surface area contributed by atoms with Crippen molar-refractivity contribution in [2.45, 2.75) is 0 Å². The van der Waals surface area contributed by atoms with Crippen LogP contribution in [-0.2, 0) is 0 Å². The van der Waals surface area contributed by atoms with Gasteiger partial charge >= 0.3 is 0 Å². The van der Waals surface area contributed by atoms with E-state index in [0.29, 0.717) is 51.1 Å². The number of hydrogen-bond acceptors (Lipinski definition) is 4. The molecular formula is C74H45N9. The first-order valence-corrected chi connectivity index (χ1v) is 26.8. The summed E-state index contributed by atoms with van der Waals surface area (Å²) in [6.45, 7) is 30.9. The molecule has 386 valence electrons. The Morgan fingerprint density at radius 2 is 0.675 bits per heavy atom. The molecule has 0 fully saturated rings. The molecule has 13 aromatic rings. The van der Waals surface area contributed by atoms with Crippen LogP contribution < -0.4 is 9.80 Å². The first kappa shape index (κ1) is 50.4. The molecule has 9 nitrogen and oxygen atoms in total. The highest BCUT2D eigenvalue weighted by Crippen LogP contribution is 2.44. The van der Waals surface area contributed by atoms with Gasteiger partial charge in [-0.05, 0) is 125 Å². The van der Waals surface area contributed by atoms with Crippen LogP contribution in [0, 0.1) is 26.3 Å². The molecule has 0 spiro atoms. The molecule has 13 rings (SSSR count). The molecule has 0 bridgehead atoms. The topological polar surface area (TPSA) is 54.6 Å². The smallest absolute Gasteiger partial charge is 0.198 e. The standard InChI is InChI=1S/C74H45N9/c1-75-55-33-39-59(40-34-55)82(60-41-35-56(76-2)36-42-60)63-44-46-73-67(48-63)66-47-62(81(57-15-7-5-8-16-57)58-17-9-6-10-18-58)43-45-72(66)83(73)61-37-31-53(32-38-61)51-25-23-50(24-26-51)52-27-29-54(30-28-52)70-49-71(64-19-11-13-21-68(64)77-3)80-74(79-70)65-20-12-14-22-69(65)78-4/h5-49H. The predicted molar refractivity (Wildman–Crippen MR) is 338 cm³/mol. The summed E-state index contributed by atoms with van der Waals surface area (Å²) in [6, 6.07) is 91.8. The normalized spacial score (nSPS) is 10.8. The molecule has 0 unspecified atom stereocenters. The van der Waals surface area contributed by atoms with Crippen LogP contribution >= 0.6 is 0 Å². The van der Waals surface area contributed by atoms with Crippen LogP contribution in [0.5, 0.6) is 0 Å². The second-order valence-corrected chi connectivity index (χ2v) is 19.8. The Morgan fingerprint density at radius 3 is 1.13 bits per heavy atom. The van der Waals surface area contributed by atoms with Gasteiger partial charge in [0.15, 0.2) is 22.7 Å². The van der Waals surface area contributed by atoms with E-state index in [-0.39, 0.29) is 0 Å². The van der Waals surface area contributed by atoms with E-state index in [0.717, 1.165) is 89.4 Å². The molecule has 0 saturated carbocycles. The van der Waals surface area contributed by atoms with E-state index in [1.54, 1.807) is 12.1 Å². The van der Waals surface area contributed by atoms with Crippen molar-refractivity contribution in [2.75, 3.05) is 9.80 Å². The molecule has 9 heteroatoms. The Hall–Kier alpha value is -12.1. The van der Waals surface area contributed by atoms with Crippen LogP contribution in [0.15, 0.2) is 273 Å². The Balaban J connectivity index is 0.854. The minimum atomic E-state index is 0.427. The van der Waals surface area contributed by atoms with E-state index in [9.17, 15) is 0 Å². The van der Waals surface area contributed by atoms with Gasteiger partial charge in [-0.3, -0.25) is 0 Å². The van der Waals surface area contributed by atoms with Crippen LogP contribution in [0.25, 0.3) is 103 Å². The molecule has 0 N–H and O–H groups in total. The third-order valence-electron chi connectivity index (χ3n) is 14.9. The van der Waals surface area contributed by atoms with Crippen molar-refractivity contribution in [3.05, 3.63) is 319 Å². The molecule has 0 atom stereocenters. The zero-order valence-electron chi connectivity index (χ0n) is 44.5. The lowest BCUT2D eigenvalue weighted by Gasteiger charge is -2.26. The monoisotopic (exact) mass is 1060 g/mol. The number of rotatable bonds is 12. The largest absolute Gasteiger partial charge is 0.311 e. The summed E-state index contributed by atoms with van der Waals surface area (Å²) in [5.74, 6) is 0.427. The molecule has 11 aromatic carbocycles. The zero-order chi connectivity index (χ0) is 56.2. The predicted octanol–water partition coefficient (Wildman–Crippen LogP) is 21.1. The summed E-state index contributed by atoms with van der Waals surface area (Å²) in [6.07, 6.45) is 0. The van der Waals surface area contributed by atoms with Gasteiger partial charge in [0.2, 0.25) is 0 Å². The van der Waals surface area contributed by atoms with Gasteiger partial charge in [-0.2, -0.15) is 0 Å². The van der Waals surface area contributed by atoms with Crippen molar-refractivity contribution < 1.29 is 0 Å². The molecule has 0 amide bonds. The average molecular weight is 1060 g/mol. The van der Waals surface area contributed by atoms with Crippen molar-refractivity contribution in [3.63, 3.8) is 0 Å². The van der Waals surface area contributed by atoms with E-state index >= 15 is 0 Å². The summed E-state index contributed by atoms with van der Waals surface area (Å²) in [5, 5.41) is 2.14. The number of para-hydroxylation sites is 4. The minimum absolute atomic E-state index is 0.427. The third kappa shape index (κ3) is 9.73. The summed E-state index contributed by atoms with van der Waals surface area (Å²) < 4.78 is 2.34. The van der Waals surface area contributed by atoms with Gasteiger partial charge in [0.1, 0.15) is 5.82 Å². The molecule has 83 heavy (non-hydrogen) atoms. The Morgan fingerprint density at radius 1 is 0.301 bits per heavy atom. The quantitative estimate of drug-likeness (QED) is 0.114. The van der Waals surface area contributed by atoms with Gasteiger partial charge in [0, 0.05) is 67.3 Å². The first-order valence-electron chi connectivity index (χ1n) is 26.8. The van der Waals surface area contributed by atoms with Crippen LogP contribution in [0.1, 0.15) is 0 Å². The maximum atomic E-state index is 7.84.